The third-order valence-corrected chi connectivity index (χ3v) is 7.70. The first-order valence-electron chi connectivity index (χ1n) is 12.7. The molecule has 2 aromatic carbocycles. The van der Waals surface area contributed by atoms with E-state index in [1.807, 2.05) is 24.3 Å². The Morgan fingerprint density at radius 3 is 2.53 bits per heavy atom. The maximum Gasteiger partial charge on any atom is 0.319 e. The molecule has 3 aliphatic heterocycles. The molecule has 0 spiro atoms. The number of carbonyl (C=O) groups excluding carboxylic acids is 1. The number of rotatable bonds is 7. The van der Waals surface area contributed by atoms with Crippen molar-refractivity contribution in [2.75, 3.05) is 51.1 Å². The van der Waals surface area contributed by atoms with Crippen LogP contribution in [0.2, 0.25) is 0 Å². The van der Waals surface area contributed by atoms with Gasteiger partial charge in [-0.1, -0.05) is 12.1 Å². The lowest BCUT2D eigenvalue weighted by Crippen LogP contribution is -2.56. The van der Waals surface area contributed by atoms with Gasteiger partial charge in [-0.15, -0.1) is 0 Å². The largest absolute Gasteiger partial charge is 0.497 e. The molecule has 2 bridgehead atoms. The fraction of sp³-hybridized carbons (Fsp3) is 0.429. The Morgan fingerprint density at radius 1 is 1.14 bits per heavy atom. The number of nitrogens with one attached hydrogen (secondary N) is 2. The molecule has 0 radical (unpaired) electrons. The Labute approximate surface area is 213 Å². The fourth-order valence-electron chi connectivity index (χ4n) is 5.65. The van der Waals surface area contributed by atoms with Gasteiger partial charge in [-0.25, -0.2) is 4.79 Å². The molecule has 36 heavy (non-hydrogen) atoms. The van der Waals surface area contributed by atoms with Crippen molar-refractivity contribution in [3.63, 3.8) is 0 Å². The van der Waals surface area contributed by atoms with Crippen LogP contribution in [0.25, 0.3) is 11.3 Å². The maximum atomic E-state index is 12.5. The van der Waals surface area contributed by atoms with Crippen molar-refractivity contribution in [3.05, 3.63) is 60.3 Å². The Morgan fingerprint density at radius 2 is 1.89 bits per heavy atom. The number of fused-ring (bicyclic) bond motifs is 3. The second-order valence-corrected chi connectivity index (χ2v) is 10.1. The second-order valence-electron chi connectivity index (χ2n) is 10.1. The van der Waals surface area contributed by atoms with Crippen LogP contribution in [0, 0.1) is 5.92 Å². The van der Waals surface area contributed by atoms with E-state index < -0.39 is 0 Å². The summed E-state index contributed by atoms with van der Waals surface area (Å²) in [5.41, 5.74) is 5.42. The van der Waals surface area contributed by atoms with Crippen LogP contribution >= 0.6 is 0 Å². The molecule has 2 N–H and O–H groups in total. The summed E-state index contributed by atoms with van der Waals surface area (Å²) in [5.74, 6) is 1.84. The number of aryl methyl sites for hydroxylation is 1. The lowest BCUT2D eigenvalue weighted by Gasteiger charge is -2.49. The summed E-state index contributed by atoms with van der Waals surface area (Å²) in [6.45, 7) is 2.75. The molecule has 1 unspecified atom stereocenters. The zero-order chi connectivity index (χ0) is 25.2. The number of amides is 2. The number of methoxy groups -OCH3 is 1. The molecular formula is C28H36N6O2. The van der Waals surface area contributed by atoms with E-state index in [0.29, 0.717) is 24.4 Å². The van der Waals surface area contributed by atoms with E-state index >= 15 is 0 Å². The molecule has 190 valence electrons. The SMILES string of the molecule is COc1ccc(NC(=O)NC[C@H]2C[C@@H]3CCN2C[C@H]3c2cc(-c3ccc(N(C)C)cc3)nn2C)cc1. The first kappa shape index (κ1) is 24.2. The van der Waals surface area contributed by atoms with Crippen LogP contribution in [0.3, 0.4) is 0 Å². The normalized spacial score (nSPS) is 22.8. The monoisotopic (exact) mass is 488 g/mol. The standard InChI is InChI=1S/C28H36N6O2/c1-32(2)22-9-5-19(6-10-22)26-16-27(33(3)31-26)25-18-34-14-13-20(25)15-23(34)17-29-28(35)30-21-7-11-24(36-4)12-8-21/h5-12,16,20,23,25H,13-15,17-18H2,1-4H3,(H2,29,30,35)/t20-,23+,25+/m0/s1. The van der Waals surface area contributed by atoms with Crippen LogP contribution in [0.5, 0.6) is 5.75 Å². The van der Waals surface area contributed by atoms with Crippen LogP contribution < -0.4 is 20.3 Å². The molecule has 1 aromatic heterocycles. The summed E-state index contributed by atoms with van der Waals surface area (Å²) in [6.07, 6.45) is 2.28. The van der Waals surface area contributed by atoms with Crippen molar-refractivity contribution in [3.8, 4) is 17.0 Å². The number of hydrogen-bond acceptors (Lipinski definition) is 5. The zero-order valence-corrected chi connectivity index (χ0v) is 21.6. The van der Waals surface area contributed by atoms with E-state index in [0.717, 1.165) is 42.2 Å². The highest BCUT2D eigenvalue weighted by molar-refractivity contribution is 5.89. The number of piperidine rings is 3. The van der Waals surface area contributed by atoms with Gasteiger partial charge >= 0.3 is 6.03 Å². The molecule has 3 saturated heterocycles. The molecule has 4 heterocycles. The Hall–Kier alpha value is -3.52. The lowest BCUT2D eigenvalue weighted by atomic mass is 9.74. The highest BCUT2D eigenvalue weighted by Crippen LogP contribution is 2.42. The van der Waals surface area contributed by atoms with Gasteiger partial charge in [-0.3, -0.25) is 9.58 Å². The van der Waals surface area contributed by atoms with Gasteiger partial charge in [0.2, 0.25) is 0 Å². The van der Waals surface area contributed by atoms with Crippen LogP contribution in [-0.2, 0) is 7.05 Å². The van der Waals surface area contributed by atoms with Gasteiger partial charge in [0.05, 0.1) is 12.8 Å². The van der Waals surface area contributed by atoms with Crippen LogP contribution in [-0.4, -0.2) is 67.6 Å². The molecular weight excluding hydrogens is 452 g/mol. The Kier molecular flexibility index (Phi) is 6.87. The summed E-state index contributed by atoms with van der Waals surface area (Å²) < 4.78 is 7.24. The number of ether oxygens (including phenoxy) is 1. The Balaban J connectivity index is 1.19. The lowest BCUT2D eigenvalue weighted by molar-refractivity contribution is 0.0296. The minimum absolute atomic E-state index is 0.170. The molecule has 3 aliphatic rings. The third kappa shape index (κ3) is 5.04. The van der Waals surface area contributed by atoms with Crippen molar-refractivity contribution in [1.82, 2.24) is 20.0 Å². The van der Waals surface area contributed by atoms with Crippen LogP contribution in [0.4, 0.5) is 16.2 Å². The number of urea groups is 1. The zero-order valence-electron chi connectivity index (χ0n) is 21.6. The molecule has 2 amide bonds. The minimum Gasteiger partial charge on any atom is -0.497 e. The highest BCUT2D eigenvalue weighted by Gasteiger charge is 2.41. The smallest absolute Gasteiger partial charge is 0.319 e. The number of anilines is 2. The molecule has 6 rings (SSSR count). The van der Waals surface area contributed by atoms with E-state index in [2.05, 4.69) is 76.6 Å². The molecule has 3 fully saturated rings. The van der Waals surface area contributed by atoms with Gasteiger partial charge in [-0.05, 0) is 67.8 Å². The van der Waals surface area contributed by atoms with Gasteiger partial charge in [0.1, 0.15) is 5.75 Å². The first-order chi connectivity index (χ1) is 17.4. The summed E-state index contributed by atoms with van der Waals surface area (Å²) in [7, 11) is 7.80. The molecule has 0 saturated carbocycles. The molecule has 3 aromatic rings. The van der Waals surface area contributed by atoms with Crippen LogP contribution in [0.15, 0.2) is 54.6 Å². The average molecular weight is 489 g/mol. The van der Waals surface area contributed by atoms with E-state index in [-0.39, 0.29) is 6.03 Å². The predicted octanol–water partition coefficient (Wildman–Crippen LogP) is 4.16. The molecule has 4 atom stereocenters. The van der Waals surface area contributed by atoms with Gasteiger partial charge in [0.15, 0.2) is 0 Å². The summed E-state index contributed by atoms with van der Waals surface area (Å²) >= 11 is 0. The van der Waals surface area contributed by atoms with Gasteiger partial charge in [0.25, 0.3) is 0 Å². The highest BCUT2D eigenvalue weighted by atomic mass is 16.5. The average Bonchev–Trinajstić information content (AvgIpc) is 3.29. The Bertz CT molecular complexity index is 1190. The van der Waals surface area contributed by atoms with Gasteiger partial charge < -0.3 is 20.3 Å². The summed E-state index contributed by atoms with van der Waals surface area (Å²) in [4.78, 5) is 17.1. The minimum atomic E-state index is -0.170. The number of hydrogen-bond donors (Lipinski definition) is 2. The van der Waals surface area contributed by atoms with Crippen molar-refractivity contribution in [2.45, 2.75) is 24.8 Å². The number of carbonyl (C=O) groups is 1. The molecule has 0 aliphatic carbocycles. The van der Waals surface area contributed by atoms with Crippen molar-refractivity contribution in [1.29, 1.82) is 0 Å². The number of aromatic nitrogens is 2. The van der Waals surface area contributed by atoms with E-state index in [9.17, 15) is 4.79 Å². The first-order valence-corrected chi connectivity index (χ1v) is 12.7. The predicted molar refractivity (Wildman–Crippen MR) is 144 cm³/mol. The van der Waals surface area contributed by atoms with E-state index in [4.69, 9.17) is 9.84 Å². The maximum absolute atomic E-state index is 12.5. The fourth-order valence-corrected chi connectivity index (χ4v) is 5.65. The summed E-state index contributed by atoms with van der Waals surface area (Å²) in [5, 5.41) is 10.8. The van der Waals surface area contributed by atoms with E-state index in [1.165, 1.54) is 17.8 Å². The van der Waals surface area contributed by atoms with Crippen molar-refractivity contribution >= 4 is 17.4 Å². The van der Waals surface area contributed by atoms with E-state index in [1.54, 1.807) is 7.11 Å². The topological polar surface area (TPSA) is 74.7 Å². The van der Waals surface area contributed by atoms with Crippen LogP contribution in [0.1, 0.15) is 24.5 Å². The van der Waals surface area contributed by atoms with Gasteiger partial charge in [0, 0.05) is 68.8 Å². The molecule has 8 nitrogen and oxygen atoms in total. The van der Waals surface area contributed by atoms with Gasteiger partial charge in [-0.2, -0.15) is 5.10 Å². The number of benzene rings is 2. The van der Waals surface area contributed by atoms with Crippen molar-refractivity contribution in [2.24, 2.45) is 13.0 Å². The summed E-state index contributed by atoms with van der Waals surface area (Å²) in [6, 6.07) is 18.4. The second kappa shape index (κ2) is 10.2. The number of nitrogens with zero attached hydrogens (tertiary/aromatic N) is 4. The molecule has 8 heteroatoms. The quantitative estimate of drug-likeness (QED) is 0.522. The third-order valence-electron chi connectivity index (χ3n) is 7.70. The van der Waals surface area contributed by atoms with Crippen molar-refractivity contribution < 1.29 is 9.53 Å².